The molecule has 0 aliphatic carbocycles. The van der Waals surface area contributed by atoms with Crippen molar-refractivity contribution < 1.29 is 14.3 Å². The molecule has 1 spiro atoms. The van der Waals surface area contributed by atoms with E-state index in [9.17, 15) is 9.59 Å². The van der Waals surface area contributed by atoms with Gasteiger partial charge in [-0.2, -0.15) is 0 Å². The van der Waals surface area contributed by atoms with E-state index in [1.165, 1.54) is 0 Å². The van der Waals surface area contributed by atoms with Gasteiger partial charge < -0.3 is 14.5 Å². The minimum atomic E-state index is -0.506. The number of carbonyl (C=O) groups is 2. The fraction of sp³-hybridized carbons (Fsp3) is 0.737. The summed E-state index contributed by atoms with van der Waals surface area (Å²) < 4.78 is 5.37. The summed E-state index contributed by atoms with van der Waals surface area (Å²) in [7, 11) is 1.89. The number of aromatic nitrogens is 1. The highest BCUT2D eigenvalue weighted by atomic mass is 32.1. The first-order valence-electron chi connectivity index (χ1n) is 9.78. The number of hydrogen-bond acceptors (Lipinski definition) is 6. The van der Waals surface area contributed by atoms with Gasteiger partial charge in [-0.25, -0.2) is 4.98 Å². The standard InChI is InChI=1S/C19H28N4O3S/c1-14-20-16(13-27-14)11-23-9-8-21(2)18(25)19(23)4-6-22(7-5-19)17(24)15-3-10-26-12-15/h13,15H,3-12H2,1-2H3. The number of amides is 2. The Hall–Kier alpha value is -1.51. The molecule has 8 heteroatoms. The molecule has 4 heterocycles. The normalized spacial score (nSPS) is 26.1. The first kappa shape index (κ1) is 18.8. The molecule has 27 heavy (non-hydrogen) atoms. The van der Waals surface area contributed by atoms with Crippen LogP contribution in [0.5, 0.6) is 0 Å². The van der Waals surface area contributed by atoms with Gasteiger partial charge in [0.1, 0.15) is 5.54 Å². The summed E-state index contributed by atoms with van der Waals surface area (Å²) in [5.41, 5.74) is 0.531. The van der Waals surface area contributed by atoms with Crippen molar-refractivity contribution in [3.63, 3.8) is 0 Å². The highest BCUT2D eigenvalue weighted by molar-refractivity contribution is 7.09. The Morgan fingerprint density at radius 2 is 2.11 bits per heavy atom. The number of hydrogen-bond donors (Lipinski definition) is 0. The molecule has 0 bridgehead atoms. The van der Waals surface area contributed by atoms with E-state index in [-0.39, 0.29) is 17.7 Å². The number of carbonyl (C=O) groups excluding carboxylic acids is 2. The van der Waals surface area contributed by atoms with Crippen LogP contribution >= 0.6 is 11.3 Å². The number of likely N-dealkylation sites (tertiary alicyclic amines) is 1. The minimum absolute atomic E-state index is 0.00198. The van der Waals surface area contributed by atoms with E-state index in [0.29, 0.717) is 45.7 Å². The van der Waals surface area contributed by atoms with Gasteiger partial charge in [-0.05, 0) is 26.2 Å². The molecule has 3 fully saturated rings. The Balaban J connectivity index is 1.49. The van der Waals surface area contributed by atoms with Crippen LogP contribution in [0.3, 0.4) is 0 Å². The van der Waals surface area contributed by atoms with Gasteiger partial charge in [0, 0.05) is 51.8 Å². The molecule has 0 saturated carbocycles. The van der Waals surface area contributed by atoms with Crippen LogP contribution in [0.1, 0.15) is 30.0 Å². The van der Waals surface area contributed by atoms with Crippen molar-refractivity contribution in [2.75, 3.05) is 46.4 Å². The molecule has 1 unspecified atom stereocenters. The SMILES string of the molecule is Cc1nc(CN2CCN(C)C(=O)C23CCN(C(=O)C2CCOC2)CC3)cs1. The molecule has 4 rings (SSSR count). The number of thiazole rings is 1. The van der Waals surface area contributed by atoms with E-state index in [4.69, 9.17) is 4.74 Å². The van der Waals surface area contributed by atoms with Gasteiger partial charge in [0.05, 0.1) is 23.2 Å². The lowest BCUT2D eigenvalue weighted by atomic mass is 9.82. The van der Waals surface area contributed by atoms with E-state index in [1.54, 1.807) is 11.3 Å². The monoisotopic (exact) mass is 392 g/mol. The number of piperidine rings is 1. The highest BCUT2D eigenvalue weighted by Crippen LogP contribution is 2.35. The predicted octanol–water partition coefficient (Wildman–Crippen LogP) is 1.12. The summed E-state index contributed by atoms with van der Waals surface area (Å²) in [5.74, 6) is 0.385. The summed E-state index contributed by atoms with van der Waals surface area (Å²) >= 11 is 1.65. The summed E-state index contributed by atoms with van der Waals surface area (Å²) in [6, 6.07) is 0. The molecule has 7 nitrogen and oxygen atoms in total. The van der Waals surface area contributed by atoms with Gasteiger partial charge in [0.25, 0.3) is 0 Å². The van der Waals surface area contributed by atoms with Crippen LogP contribution in [0.15, 0.2) is 5.38 Å². The lowest BCUT2D eigenvalue weighted by molar-refractivity contribution is -0.158. The number of aryl methyl sites for hydroxylation is 1. The lowest BCUT2D eigenvalue weighted by Crippen LogP contribution is -2.68. The van der Waals surface area contributed by atoms with Crippen LogP contribution in [0, 0.1) is 12.8 Å². The molecule has 148 valence electrons. The second-order valence-corrected chi connectivity index (χ2v) is 8.99. The number of piperazine rings is 1. The first-order chi connectivity index (χ1) is 13.0. The van der Waals surface area contributed by atoms with Crippen LogP contribution < -0.4 is 0 Å². The smallest absolute Gasteiger partial charge is 0.243 e. The third-order valence-electron chi connectivity index (χ3n) is 6.26. The maximum atomic E-state index is 13.2. The topological polar surface area (TPSA) is 66.0 Å². The quantitative estimate of drug-likeness (QED) is 0.771. The van der Waals surface area contributed by atoms with Gasteiger partial charge in [-0.15, -0.1) is 11.3 Å². The molecule has 1 aromatic heterocycles. The van der Waals surface area contributed by atoms with E-state index in [1.807, 2.05) is 23.8 Å². The summed E-state index contributed by atoms with van der Waals surface area (Å²) in [4.78, 5) is 36.6. The molecule has 0 radical (unpaired) electrons. The molecule has 3 saturated heterocycles. The first-order valence-corrected chi connectivity index (χ1v) is 10.7. The van der Waals surface area contributed by atoms with Crippen molar-refractivity contribution in [3.8, 4) is 0 Å². The van der Waals surface area contributed by atoms with Crippen LogP contribution in [0.25, 0.3) is 0 Å². The van der Waals surface area contributed by atoms with Crippen LogP contribution in [-0.4, -0.2) is 83.5 Å². The second kappa shape index (κ2) is 7.48. The molecular formula is C19H28N4O3S. The third kappa shape index (κ3) is 3.50. The molecule has 2 amide bonds. The van der Waals surface area contributed by atoms with Crippen LogP contribution in [0.2, 0.25) is 0 Å². The molecule has 0 aromatic carbocycles. The molecular weight excluding hydrogens is 364 g/mol. The van der Waals surface area contributed by atoms with E-state index in [0.717, 1.165) is 30.2 Å². The Bertz CT molecular complexity index is 708. The summed E-state index contributed by atoms with van der Waals surface area (Å²) in [6.45, 7) is 6.80. The van der Waals surface area contributed by atoms with Gasteiger partial charge in [0.2, 0.25) is 11.8 Å². The summed E-state index contributed by atoms with van der Waals surface area (Å²) in [6.07, 6.45) is 2.20. The third-order valence-corrected chi connectivity index (χ3v) is 7.08. The average Bonchev–Trinajstić information content (AvgIpc) is 3.34. The van der Waals surface area contributed by atoms with Gasteiger partial charge in [-0.1, -0.05) is 0 Å². The Morgan fingerprint density at radius 1 is 1.33 bits per heavy atom. The molecule has 1 atom stereocenters. The fourth-order valence-corrected chi connectivity index (χ4v) is 5.20. The number of nitrogens with zero attached hydrogens (tertiary/aromatic N) is 4. The van der Waals surface area contributed by atoms with E-state index in [2.05, 4.69) is 15.3 Å². The van der Waals surface area contributed by atoms with Crippen molar-refractivity contribution in [3.05, 3.63) is 16.1 Å². The van der Waals surface area contributed by atoms with Crippen LogP contribution in [-0.2, 0) is 20.9 Å². The van der Waals surface area contributed by atoms with Gasteiger partial charge in [-0.3, -0.25) is 14.5 Å². The molecule has 3 aliphatic rings. The maximum Gasteiger partial charge on any atom is 0.243 e. The van der Waals surface area contributed by atoms with Crippen molar-refractivity contribution in [2.45, 2.75) is 38.3 Å². The van der Waals surface area contributed by atoms with E-state index >= 15 is 0 Å². The maximum absolute atomic E-state index is 13.2. The van der Waals surface area contributed by atoms with Crippen molar-refractivity contribution >= 4 is 23.2 Å². The zero-order valence-electron chi connectivity index (χ0n) is 16.1. The Kier molecular flexibility index (Phi) is 5.22. The Morgan fingerprint density at radius 3 is 2.74 bits per heavy atom. The number of ether oxygens (including phenoxy) is 1. The van der Waals surface area contributed by atoms with Crippen molar-refractivity contribution in [2.24, 2.45) is 5.92 Å². The lowest BCUT2D eigenvalue weighted by Gasteiger charge is -2.52. The zero-order chi connectivity index (χ0) is 19.0. The number of likely N-dealkylation sites (N-methyl/N-ethyl adjacent to an activating group) is 1. The molecule has 3 aliphatic heterocycles. The van der Waals surface area contributed by atoms with Crippen molar-refractivity contribution in [1.29, 1.82) is 0 Å². The predicted molar refractivity (Wildman–Crippen MR) is 102 cm³/mol. The fourth-order valence-electron chi connectivity index (χ4n) is 4.60. The highest BCUT2D eigenvalue weighted by Gasteiger charge is 2.50. The van der Waals surface area contributed by atoms with Crippen LogP contribution in [0.4, 0.5) is 0 Å². The van der Waals surface area contributed by atoms with Gasteiger partial charge in [0.15, 0.2) is 0 Å². The second-order valence-electron chi connectivity index (χ2n) is 7.92. The zero-order valence-corrected chi connectivity index (χ0v) is 17.0. The summed E-state index contributed by atoms with van der Waals surface area (Å²) in [5, 5.41) is 3.14. The van der Waals surface area contributed by atoms with Gasteiger partial charge >= 0.3 is 0 Å². The van der Waals surface area contributed by atoms with E-state index < -0.39 is 5.54 Å². The van der Waals surface area contributed by atoms with Crippen molar-refractivity contribution in [1.82, 2.24) is 19.7 Å². The Labute approximate surface area is 164 Å². The molecule has 1 aromatic rings. The number of rotatable bonds is 3. The minimum Gasteiger partial charge on any atom is -0.381 e. The average molecular weight is 393 g/mol. The largest absolute Gasteiger partial charge is 0.381 e. The molecule has 0 N–H and O–H groups in total.